The monoisotopic (exact) mass is 537 g/mol. The zero-order valence-electron chi connectivity index (χ0n) is 22.0. The Kier molecular flexibility index (Phi) is 8.30. The molecule has 1 aliphatic heterocycles. The van der Waals surface area contributed by atoms with Crippen molar-refractivity contribution in [1.29, 1.82) is 0 Å². The highest BCUT2D eigenvalue weighted by atomic mass is 19.4. The number of carbonyl (C=O) groups is 1. The van der Waals surface area contributed by atoms with E-state index in [4.69, 9.17) is 16.2 Å². The van der Waals surface area contributed by atoms with Gasteiger partial charge >= 0.3 is 6.18 Å². The fourth-order valence-corrected chi connectivity index (χ4v) is 4.51. The number of fused-ring (bicyclic) bond motifs is 1. The number of carbonyl (C=O) groups excluding carboxylic acids is 1. The van der Waals surface area contributed by atoms with Gasteiger partial charge in [-0.1, -0.05) is 13.8 Å². The second-order valence-electron chi connectivity index (χ2n) is 8.59. The molecule has 13 heteroatoms. The Morgan fingerprint density at radius 1 is 1.13 bits per heavy atom. The van der Waals surface area contributed by atoms with E-state index in [2.05, 4.69) is 20.3 Å². The molecule has 1 fully saturated rings. The number of piperazine rings is 1. The number of rotatable bonds is 4. The van der Waals surface area contributed by atoms with Gasteiger partial charge in [-0.3, -0.25) is 4.79 Å². The first kappa shape index (κ1) is 28.8. The van der Waals surface area contributed by atoms with Crippen LogP contribution in [0, 0.1) is 26.6 Å². The van der Waals surface area contributed by atoms with E-state index in [0.717, 1.165) is 13.0 Å². The van der Waals surface area contributed by atoms with E-state index in [-0.39, 0.29) is 34.8 Å². The highest BCUT2D eigenvalue weighted by molar-refractivity contribution is 6.01. The Hall–Kier alpha value is -3.74. The molecule has 0 aromatic carbocycles. The van der Waals surface area contributed by atoms with Crippen molar-refractivity contribution < 1.29 is 27.1 Å². The second kappa shape index (κ2) is 10.9. The molecule has 0 bridgehead atoms. The number of aromatic nitrogens is 3. The molecule has 3 aromatic heterocycles. The fraction of sp³-hybridized carbons (Fsp3) is 0.440. The Bertz CT molecular complexity index is 1380. The summed E-state index contributed by atoms with van der Waals surface area (Å²) in [7, 11) is 1.28. The van der Waals surface area contributed by atoms with Gasteiger partial charge in [0.15, 0.2) is 5.82 Å². The van der Waals surface area contributed by atoms with Crippen molar-refractivity contribution in [3.8, 4) is 17.1 Å². The van der Waals surface area contributed by atoms with E-state index < -0.39 is 46.5 Å². The van der Waals surface area contributed by atoms with Gasteiger partial charge in [0.25, 0.3) is 0 Å². The number of ether oxygens (including phenoxy) is 1. The van der Waals surface area contributed by atoms with Gasteiger partial charge in [-0.15, -0.1) is 0 Å². The number of aryl methyl sites for hydroxylation is 3. The van der Waals surface area contributed by atoms with Crippen molar-refractivity contribution in [2.75, 3.05) is 37.4 Å². The van der Waals surface area contributed by atoms with Crippen LogP contribution >= 0.6 is 0 Å². The molecule has 1 amide bonds. The zero-order valence-corrected chi connectivity index (χ0v) is 22.0. The molecule has 206 valence electrons. The maximum Gasteiger partial charge on any atom is 0.418 e. The van der Waals surface area contributed by atoms with Gasteiger partial charge in [0.1, 0.15) is 23.4 Å². The van der Waals surface area contributed by atoms with Crippen LogP contribution in [0.5, 0.6) is 5.88 Å². The second-order valence-corrected chi connectivity index (χ2v) is 8.59. The first-order valence-electron chi connectivity index (χ1n) is 12.0. The molecule has 3 aromatic rings. The van der Waals surface area contributed by atoms with Crippen LogP contribution in [0.3, 0.4) is 0 Å². The lowest BCUT2D eigenvalue weighted by Gasteiger charge is -2.34. The van der Waals surface area contributed by atoms with E-state index in [1.165, 1.54) is 7.11 Å². The number of nitrogens with zero attached hydrogens (tertiary/aromatic N) is 4. The summed E-state index contributed by atoms with van der Waals surface area (Å²) >= 11 is 0. The molecule has 5 N–H and O–H groups in total. The van der Waals surface area contributed by atoms with Gasteiger partial charge in [0, 0.05) is 36.3 Å². The van der Waals surface area contributed by atoms with Crippen LogP contribution in [0.15, 0.2) is 6.07 Å². The number of anilines is 2. The molecule has 0 saturated carbocycles. The number of halogens is 4. The van der Waals surface area contributed by atoms with Gasteiger partial charge in [-0.25, -0.2) is 19.3 Å². The number of primary amides is 1. The Labute approximate surface area is 217 Å². The van der Waals surface area contributed by atoms with Crippen molar-refractivity contribution in [3.05, 3.63) is 34.4 Å². The number of alkyl halides is 3. The minimum absolute atomic E-state index is 0.00895. The number of methoxy groups -OCH3 is 1. The van der Waals surface area contributed by atoms with Crippen molar-refractivity contribution in [3.63, 3.8) is 0 Å². The van der Waals surface area contributed by atoms with Gasteiger partial charge in [-0.05, 0) is 32.4 Å². The summed E-state index contributed by atoms with van der Waals surface area (Å²) in [5.74, 6) is -1.58. The minimum Gasteiger partial charge on any atom is -0.480 e. The van der Waals surface area contributed by atoms with Crippen LogP contribution in [0.4, 0.5) is 29.2 Å². The molecule has 1 unspecified atom stereocenters. The molecule has 1 saturated heterocycles. The third-order valence-corrected chi connectivity index (χ3v) is 6.29. The van der Waals surface area contributed by atoms with E-state index in [1.54, 1.807) is 18.7 Å². The lowest BCUT2D eigenvalue weighted by atomic mass is 9.98. The maximum atomic E-state index is 16.2. The quantitative estimate of drug-likeness (QED) is 0.430. The van der Waals surface area contributed by atoms with E-state index in [1.807, 2.05) is 13.8 Å². The Balaban J connectivity index is 0.00000195. The van der Waals surface area contributed by atoms with Gasteiger partial charge in [-0.2, -0.15) is 13.2 Å². The molecule has 4 heterocycles. The average molecular weight is 538 g/mol. The van der Waals surface area contributed by atoms with Crippen molar-refractivity contribution in [2.24, 2.45) is 5.73 Å². The van der Waals surface area contributed by atoms with Crippen LogP contribution in [0.2, 0.25) is 0 Å². The van der Waals surface area contributed by atoms with Gasteiger partial charge in [0.05, 0.1) is 23.8 Å². The molecule has 4 rings (SSSR count). The number of nitrogens with one attached hydrogen (secondary N) is 1. The molecule has 1 atom stereocenters. The Morgan fingerprint density at radius 3 is 2.37 bits per heavy atom. The van der Waals surface area contributed by atoms with Crippen LogP contribution in [-0.2, 0) is 11.0 Å². The first-order chi connectivity index (χ1) is 17.8. The zero-order chi connectivity index (χ0) is 28.5. The predicted octanol–water partition coefficient (Wildman–Crippen LogP) is 3.66. The van der Waals surface area contributed by atoms with Crippen molar-refractivity contribution in [2.45, 2.75) is 46.8 Å². The summed E-state index contributed by atoms with van der Waals surface area (Å²) in [5, 5.41) is 3.19. The molecule has 1 aliphatic rings. The topological polar surface area (TPSA) is 132 Å². The first-order valence-corrected chi connectivity index (χ1v) is 12.0. The number of hydrogen-bond donors (Lipinski definition) is 3. The fourth-order valence-electron chi connectivity index (χ4n) is 4.51. The van der Waals surface area contributed by atoms with E-state index in [9.17, 15) is 18.0 Å². The van der Waals surface area contributed by atoms with Crippen LogP contribution in [0.25, 0.3) is 22.0 Å². The number of nitrogen functional groups attached to an aromatic ring is 1. The summed E-state index contributed by atoms with van der Waals surface area (Å²) in [6.07, 6.45) is -4.84. The average Bonchev–Trinajstić information content (AvgIpc) is 2.86. The molecule has 0 spiro atoms. The third kappa shape index (κ3) is 5.15. The van der Waals surface area contributed by atoms with Crippen molar-refractivity contribution in [1.82, 2.24) is 20.3 Å². The highest BCUT2D eigenvalue weighted by Crippen LogP contribution is 2.44. The lowest BCUT2D eigenvalue weighted by molar-refractivity contribution is -0.137. The summed E-state index contributed by atoms with van der Waals surface area (Å²) in [6, 6.07) is 0.280. The van der Waals surface area contributed by atoms with Gasteiger partial charge in [0.2, 0.25) is 11.8 Å². The molecular weight excluding hydrogens is 506 g/mol. The summed E-state index contributed by atoms with van der Waals surface area (Å²) in [6.45, 7) is 9.40. The summed E-state index contributed by atoms with van der Waals surface area (Å²) < 4.78 is 63.6. The smallest absolute Gasteiger partial charge is 0.418 e. The number of hydrogen-bond acceptors (Lipinski definition) is 8. The number of pyridine rings is 3. The summed E-state index contributed by atoms with van der Waals surface area (Å²) in [5.41, 5.74) is 9.39. The molecule has 38 heavy (non-hydrogen) atoms. The Morgan fingerprint density at radius 2 is 1.79 bits per heavy atom. The van der Waals surface area contributed by atoms with Crippen LogP contribution in [-0.4, -0.2) is 53.6 Å². The maximum absolute atomic E-state index is 16.2. The standard InChI is InChI=1S/C23H25F4N7O2.C2H6/c1-9-10(2)32-21(34-6-5-30-13(8-34)20(29)35)16-15(9)18(24)19(33-22(16)36-4)12-7-14(28)31-11(3)17(12)23(25,26)27;1-2/h7,13,30H,5-6,8H2,1-4H3,(H2,28,31)(H2,29,35);1-2H3. The molecule has 0 aliphatic carbocycles. The molecular formula is C25H31F4N7O2. The van der Waals surface area contributed by atoms with E-state index >= 15 is 4.39 Å². The minimum atomic E-state index is -4.84. The molecule has 9 nitrogen and oxygen atoms in total. The highest BCUT2D eigenvalue weighted by Gasteiger charge is 2.38. The van der Waals surface area contributed by atoms with Crippen LogP contribution in [0.1, 0.15) is 36.4 Å². The van der Waals surface area contributed by atoms with Crippen molar-refractivity contribution >= 4 is 28.3 Å². The number of nitrogens with two attached hydrogens (primary N) is 2. The predicted molar refractivity (Wildman–Crippen MR) is 137 cm³/mol. The van der Waals surface area contributed by atoms with E-state index in [0.29, 0.717) is 24.3 Å². The number of amides is 1. The van der Waals surface area contributed by atoms with Crippen LogP contribution < -0.4 is 26.4 Å². The van der Waals surface area contributed by atoms with Gasteiger partial charge < -0.3 is 26.4 Å². The summed E-state index contributed by atoms with van der Waals surface area (Å²) in [4.78, 5) is 26.0. The normalized spacial score (nSPS) is 15.7. The lowest BCUT2D eigenvalue weighted by Crippen LogP contribution is -2.56. The largest absolute Gasteiger partial charge is 0.480 e. The SMILES string of the molecule is CC.COc1nc(-c2cc(N)nc(C)c2C(F)(F)F)c(F)c2c(C)c(C)nc(N3CCNC(C(N)=O)C3)c12. The molecule has 0 radical (unpaired) electrons. The third-order valence-electron chi connectivity index (χ3n) is 6.29.